The van der Waals surface area contributed by atoms with Crippen molar-refractivity contribution in [2.24, 2.45) is 0 Å². The number of aryl methyl sites for hydroxylation is 1. The molecule has 2 N–H and O–H groups in total. The van der Waals surface area contributed by atoms with Crippen LogP contribution in [0.15, 0.2) is 30.3 Å². The molecular formula is C17H21ClN4O. The summed E-state index contributed by atoms with van der Waals surface area (Å²) in [6.07, 6.45) is 3.45. The highest BCUT2D eigenvalue weighted by atomic mass is 35.5. The average Bonchev–Trinajstić information content (AvgIpc) is 2.55. The fraction of sp³-hybridized carbons (Fsp3) is 0.353. The van der Waals surface area contributed by atoms with Gasteiger partial charge in [-0.1, -0.05) is 37.4 Å². The number of hydrogen-bond acceptors (Lipinski definition) is 4. The molecule has 1 aromatic heterocycles. The maximum Gasteiger partial charge on any atom is 0.276 e. The predicted octanol–water partition coefficient (Wildman–Crippen LogP) is 4.29. The molecule has 5 nitrogen and oxygen atoms in total. The van der Waals surface area contributed by atoms with Gasteiger partial charge in [-0.25, -0.2) is 0 Å². The first-order valence-electron chi connectivity index (χ1n) is 7.75. The molecular weight excluding hydrogens is 312 g/mol. The van der Waals surface area contributed by atoms with Gasteiger partial charge in [-0.2, -0.15) is 0 Å². The van der Waals surface area contributed by atoms with Gasteiger partial charge in [0.1, 0.15) is 5.82 Å². The van der Waals surface area contributed by atoms with Crippen molar-refractivity contribution in [2.75, 3.05) is 17.2 Å². The second-order valence-electron chi connectivity index (χ2n) is 5.36. The Kier molecular flexibility index (Phi) is 6.35. The second kappa shape index (κ2) is 8.48. The monoisotopic (exact) mass is 332 g/mol. The Morgan fingerprint density at radius 2 is 2.00 bits per heavy atom. The fourth-order valence-corrected chi connectivity index (χ4v) is 2.19. The molecule has 0 fully saturated rings. The predicted molar refractivity (Wildman–Crippen MR) is 94.2 cm³/mol. The Labute approximate surface area is 141 Å². The van der Waals surface area contributed by atoms with E-state index in [4.69, 9.17) is 11.6 Å². The van der Waals surface area contributed by atoms with E-state index in [9.17, 15) is 4.79 Å². The lowest BCUT2D eigenvalue weighted by atomic mass is 10.2. The zero-order valence-electron chi connectivity index (χ0n) is 13.4. The molecule has 0 spiro atoms. The summed E-state index contributed by atoms with van der Waals surface area (Å²) in [5.41, 5.74) is 1.86. The van der Waals surface area contributed by atoms with Crippen LogP contribution in [0.5, 0.6) is 0 Å². The first-order valence-corrected chi connectivity index (χ1v) is 8.13. The van der Waals surface area contributed by atoms with Crippen LogP contribution >= 0.6 is 11.6 Å². The molecule has 1 heterocycles. The number of halogens is 1. The molecule has 23 heavy (non-hydrogen) atoms. The lowest BCUT2D eigenvalue weighted by molar-refractivity contribution is 0.102. The van der Waals surface area contributed by atoms with E-state index in [0.29, 0.717) is 16.5 Å². The topological polar surface area (TPSA) is 66.9 Å². The van der Waals surface area contributed by atoms with Gasteiger partial charge in [0.15, 0.2) is 5.69 Å². The van der Waals surface area contributed by atoms with E-state index in [-0.39, 0.29) is 11.6 Å². The number of rotatable bonds is 7. The van der Waals surface area contributed by atoms with Crippen LogP contribution in [0.4, 0.5) is 11.5 Å². The van der Waals surface area contributed by atoms with Crippen LogP contribution in [-0.4, -0.2) is 22.6 Å². The third-order valence-corrected chi connectivity index (χ3v) is 3.82. The summed E-state index contributed by atoms with van der Waals surface area (Å²) >= 11 is 6.05. The Hall–Kier alpha value is -2.14. The minimum Gasteiger partial charge on any atom is -0.369 e. The number of amides is 1. The highest BCUT2D eigenvalue weighted by molar-refractivity contribution is 6.31. The van der Waals surface area contributed by atoms with E-state index in [1.54, 1.807) is 24.3 Å². The van der Waals surface area contributed by atoms with Gasteiger partial charge in [-0.3, -0.25) is 4.79 Å². The van der Waals surface area contributed by atoms with Gasteiger partial charge in [0.2, 0.25) is 0 Å². The van der Waals surface area contributed by atoms with Crippen molar-refractivity contribution in [1.29, 1.82) is 0 Å². The zero-order valence-corrected chi connectivity index (χ0v) is 14.2. The first-order chi connectivity index (χ1) is 11.1. The van der Waals surface area contributed by atoms with Gasteiger partial charge < -0.3 is 10.6 Å². The van der Waals surface area contributed by atoms with Crippen molar-refractivity contribution in [3.8, 4) is 0 Å². The fourth-order valence-electron chi connectivity index (χ4n) is 2.00. The Bertz CT molecular complexity index is 658. The zero-order chi connectivity index (χ0) is 16.7. The molecule has 6 heteroatoms. The van der Waals surface area contributed by atoms with Gasteiger partial charge in [-0.15, -0.1) is 10.2 Å². The van der Waals surface area contributed by atoms with Crippen molar-refractivity contribution >= 4 is 29.0 Å². The van der Waals surface area contributed by atoms with Gasteiger partial charge in [0, 0.05) is 17.3 Å². The van der Waals surface area contributed by atoms with Crippen LogP contribution in [-0.2, 0) is 0 Å². The van der Waals surface area contributed by atoms with E-state index in [1.807, 2.05) is 13.0 Å². The van der Waals surface area contributed by atoms with Crippen molar-refractivity contribution in [1.82, 2.24) is 10.2 Å². The average molecular weight is 333 g/mol. The number of nitrogens with one attached hydrogen (secondary N) is 2. The largest absolute Gasteiger partial charge is 0.369 e. The number of nitrogens with zero attached hydrogens (tertiary/aromatic N) is 2. The number of benzene rings is 1. The molecule has 0 saturated carbocycles. The summed E-state index contributed by atoms with van der Waals surface area (Å²) in [7, 11) is 0. The maximum absolute atomic E-state index is 12.1. The van der Waals surface area contributed by atoms with Crippen LogP contribution in [0.1, 0.15) is 42.2 Å². The molecule has 0 aliphatic heterocycles. The molecule has 0 aliphatic rings. The Morgan fingerprint density at radius 3 is 2.65 bits per heavy atom. The molecule has 0 aliphatic carbocycles. The van der Waals surface area contributed by atoms with Gasteiger partial charge in [-0.05, 0) is 43.2 Å². The molecule has 1 aromatic carbocycles. The molecule has 0 saturated heterocycles. The summed E-state index contributed by atoms with van der Waals surface area (Å²) in [5.74, 6) is 0.367. The quantitative estimate of drug-likeness (QED) is 0.742. The van der Waals surface area contributed by atoms with Gasteiger partial charge >= 0.3 is 0 Å². The van der Waals surface area contributed by atoms with Crippen molar-refractivity contribution in [3.05, 3.63) is 46.6 Å². The number of carbonyl (C=O) groups is 1. The summed E-state index contributed by atoms with van der Waals surface area (Å²) in [4.78, 5) is 12.1. The first kappa shape index (κ1) is 17.2. The smallest absolute Gasteiger partial charge is 0.276 e. The highest BCUT2D eigenvalue weighted by Gasteiger charge is 2.09. The van der Waals surface area contributed by atoms with Crippen molar-refractivity contribution < 1.29 is 4.79 Å². The molecule has 0 atom stereocenters. The summed E-state index contributed by atoms with van der Waals surface area (Å²) in [6.45, 7) is 4.93. The Morgan fingerprint density at radius 1 is 1.17 bits per heavy atom. The summed E-state index contributed by atoms with van der Waals surface area (Å²) < 4.78 is 0. The molecule has 2 rings (SSSR count). The van der Waals surface area contributed by atoms with E-state index >= 15 is 0 Å². The SMILES string of the molecule is CCCCCNc1ccc(C(=O)Nc2ccc(C)c(Cl)c2)nn1. The standard InChI is InChI=1S/C17H21ClN4O/c1-3-4-5-10-19-16-9-8-15(21-22-16)17(23)20-13-7-6-12(2)14(18)11-13/h6-9,11H,3-5,10H2,1-2H3,(H,19,22)(H,20,23). The van der Waals surface area contributed by atoms with Crippen molar-refractivity contribution in [3.63, 3.8) is 0 Å². The minimum atomic E-state index is -0.310. The van der Waals surface area contributed by atoms with Crippen LogP contribution in [0.25, 0.3) is 0 Å². The van der Waals surface area contributed by atoms with Crippen LogP contribution < -0.4 is 10.6 Å². The maximum atomic E-state index is 12.1. The van der Waals surface area contributed by atoms with Crippen LogP contribution in [0, 0.1) is 6.92 Å². The van der Waals surface area contributed by atoms with E-state index in [1.165, 1.54) is 12.8 Å². The molecule has 1 amide bonds. The van der Waals surface area contributed by atoms with Gasteiger partial charge in [0.25, 0.3) is 5.91 Å². The molecule has 0 unspecified atom stereocenters. The van der Waals surface area contributed by atoms with Crippen LogP contribution in [0.3, 0.4) is 0 Å². The number of unbranched alkanes of at least 4 members (excludes halogenated alkanes) is 2. The number of carbonyl (C=O) groups excluding carboxylic acids is 1. The molecule has 2 aromatic rings. The summed E-state index contributed by atoms with van der Waals surface area (Å²) in [5, 5.41) is 14.5. The number of aromatic nitrogens is 2. The third-order valence-electron chi connectivity index (χ3n) is 3.41. The number of hydrogen-bond donors (Lipinski definition) is 2. The number of anilines is 2. The lowest BCUT2D eigenvalue weighted by Crippen LogP contribution is -2.15. The van der Waals surface area contributed by atoms with E-state index in [0.717, 1.165) is 18.5 Å². The van der Waals surface area contributed by atoms with Crippen molar-refractivity contribution in [2.45, 2.75) is 33.1 Å². The van der Waals surface area contributed by atoms with E-state index in [2.05, 4.69) is 27.8 Å². The van der Waals surface area contributed by atoms with Gasteiger partial charge in [0.05, 0.1) is 0 Å². The normalized spacial score (nSPS) is 10.4. The van der Waals surface area contributed by atoms with Crippen LogP contribution in [0.2, 0.25) is 5.02 Å². The molecule has 0 radical (unpaired) electrons. The minimum absolute atomic E-state index is 0.265. The lowest BCUT2D eigenvalue weighted by Gasteiger charge is -2.07. The third kappa shape index (κ3) is 5.21. The second-order valence-corrected chi connectivity index (χ2v) is 5.76. The summed E-state index contributed by atoms with van der Waals surface area (Å²) in [6, 6.07) is 8.78. The molecule has 0 bridgehead atoms. The Balaban J connectivity index is 1.93. The molecule has 122 valence electrons. The highest BCUT2D eigenvalue weighted by Crippen LogP contribution is 2.20. The van der Waals surface area contributed by atoms with E-state index < -0.39 is 0 Å².